The third kappa shape index (κ3) is 3.93. The van der Waals surface area contributed by atoms with Gasteiger partial charge in [0.15, 0.2) is 0 Å². The van der Waals surface area contributed by atoms with E-state index in [0.717, 1.165) is 0 Å². The molecule has 1 atom stereocenters. The molecule has 2 N–H and O–H groups in total. The van der Waals surface area contributed by atoms with Gasteiger partial charge in [-0.15, -0.1) is 0 Å². The van der Waals surface area contributed by atoms with Gasteiger partial charge in [-0.3, -0.25) is 10.1 Å². The third-order valence-electron chi connectivity index (χ3n) is 1.91. The van der Waals surface area contributed by atoms with E-state index in [2.05, 4.69) is 0 Å². The van der Waals surface area contributed by atoms with Gasteiger partial charge < -0.3 is 14.9 Å². The number of nitrogens with zero attached hydrogens (tertiary/aromatic N) is 1. The Balaban J connectivity index is 2.48. The SMILES string of the molecule is O=[N+]([O-])c1cccc(COCC(O)CO)c1. The Morgan fingerprint density at radius 2 is 2.25 bits per heavy atom. The Morgan fingerprint density at radius 3 is 2.88 bits per heavy atom. The minimum absolute atomic E-state index is 0.000802. The summed E-state index contributed by atoms with van der Waals surface area (Å²) in [5, 5.41) is 28.0. The van der Waals surface area contributed by atoms with Crippen molar-refractivity contribution in [2.24, 2.45) is 0 Å². The van der Waals surface area contributed by atoms with Crippen molar-refractivity contribution in [3.8, 4) is 0 Å². The number of rotatable bonds is 6. The molecule has 6 heteroatoms. The molecule has 0 aromatic heterocycles. The summed E-state index contributed by atoms with van der Waals surface area (Å²) in [5.74, 6) is 0. The highest BCUT2D eigenvalue weighted by atomic mass is 16.6. The fourth-order valence-corrected chi connectivity index (χ4v) is 1.13. The summed E-state index contributed by atoms with van der Waals surface area (Å²) in [4.78, 5) is 9.99. The van der Waals surface area contributed by atoms with Gasteiger partial charge >= 0.3 is 0 Å². The number of aliphatic hydroxyl groups excluding tert-OH is 2. The standard InChI is InChI=1S/C10H13NO5/c12-5-10(13)7-16-6-8-2-1-3-9(4-8)11(14)15/h1-4,10,12-13H,5-7H2. The molecule has 0 aliphatic rings. The molecule has 0 fully saturated rings. The highest BCUT2D eigenvalue weighted by Gasteiger charge is 2.06. The summed E-state index contributed by atoms with van der Waals surface area (Å²) in [6.45, 7) is -0.202. The molecule has 0 aliphatic carbocycles. The van der Waals surface area contributed by atoms with Crippen molar-refractivity contribution in [1.29, 1.82) is 0 Å². The van der Waals surface area contributed by atoms with Gasteiger partial charge in [0.1, 0.15) is 6.10 Å². The van der Waals surface area contributed by atoms with Gasteiger partial charge in [-0.05, 0) is 5.56 Å². The molecule has 0 spiro atoms. The number of hydrogen-bond donors (Lipinski definition) is 2. The van der Waals surface area contributed by atoms with Gasteiger partial charge in [-0.2, -0.15) is 0 Å². The average molecular weight is 227 g/mol. The second-order valence-corrected chi connectivity index (χ2v) is 3.28. The van der Waals surface area contributed by atoms with E-state index < -0.39 is 11.0 Å². The van der Waals surface area contributed by atoms with E-state index in [4.69, 9.17) is 14.9 Å². The van der Waals surface area contributed by atoms with Crippen molar-refractivity contribution in [3.05, 3.63) is 39.9 Å². The van der Waals surface area contributed by atoms with E-state index in [1.54, 1.807) is 12.1 Å². The van der Waals surface area contributed by atoms with Gasteiger partial charge in [0.05, 0.1) is 24.7 Å². The van der Waals surface area contributed by atoms with Crippen LogP contribution in [0.25, 0.3) is 0 Å². The Hall–Kier alpha value is -1.50. The first-order valence-electron chi connectivity index (χ1n) is 4.73. The van der Waals surface area contributed by atoms with E-state index in [9.17, 15) is 10.1 Å². The van der Waals surface area contributed by atoms with Crippen molar-refractivity contribution in [3.63, 3.8) is 0 Å². The lowest BCUT2D eigenvalue weighted by Gasteiger charge is -2.07. The molecule has 1 rings (SSSR count). The number of aliphatic hydroxyl groups is 2. The highest BCUT2D eigenvalue weighted by Crippen LogP contribution is 2.13. The first-order chi connectivity index (χ1) is 7.63. The summed E-state index contributed by atoms with van der Waals surface area (Å²) in [6, 6.07) is 6.06. The number of hydrogen-bond acceptors (Lipinski definition) is 5. The molecule has 1 aromatic carbocycles. The van der Waals surface area contributed by atoms with Crippen LogP contribution in [0, 0.1) is 10.1 Å². The van der Waals surface area contributed by atoms with E-state index in [1.807, 2.05) is 0 Å². The molecule has 0 saturated heterocycles. The molecule has 1 unspecified atom stereocenters. The third-order valence-corrected chi connectivity index (χ3v) is 1.91. The minimum atomic E-state index is -0.918. The summed E-state index contributed by atoms with van der Waals surface area (Å²) < 4.78 is 5.07. The lowest BCUT2D eigenvalue weighted by molar-refractivity contribution is -0.384. The highest BCUT2D eigenvalue weighted by molar-refractivity contribution is 5.33. The van der Waals surface area contributed by atoms with Gasteiger partial charge in [-0.25, -0.2) is 0 Å². The molecule has 0 bridgehead atoms. The van der Waals surface area contributed by atoms with Crippen molar-refractivity contribution in [2.45, 2.75) is 12.7 Å². The van der Waals surface area contributed by atoms with E-state index in [0.29, 0.717) is 5.56 Å². The summed E-state index contributed by atoms with van der Waals surface area (Å²) in [7, 11) is 0. The molecular formula is C10H13NO5. The van der Waals surface area contributed by atoms with Crippen LogP contribution in [0.2, 0.25) is 0 Å². The first-order valence-corrected chi connectivity index (χ1v) is 4.73. The molecule has 88 valence electrons. The average Bonchev–Trinajstić information content (AvgIpc) is 2.29. The molecule has 0 saturated carbocycles. The Labute approximate surface area is 92.2 Å². The van der Waals surface area contributed by atoms with Crippen molar-refractivity contribution >= 4 is 5.69 Å². The smallest absolute Gasteiger partial charge is 0.269 e. The fourth-order valence-electron chi connectivity index (χ4n) is 1.13. The molecule has 0 aliphatic heterocycles. The molecule has 0 radical (unpaired) electrons. The maximum absolute atomic E-state index is 10.5. The predicted molar refractivity (Wildman–Crippen MR) is 55.8 cm³/mol. The van der Waals surface area contributed by atoms with Crippen LogP contribution < -0.4 is 0 Å². The Morgan fingerprint density at radius 1 is 1.50 bits per heavy atom. The van der Waals surface area contributed by atoms with Crippen LogP contribution >= 0.6 is 0 Å². The zero-order chi connectivity index (χ0) is 12.0. The molecule has 0 amide bonds. The van der Waals surface area contributed by atoms with Crippen LogP contribution in [0.3, 0.4) is 0 Å². The van der Waals surface area contributed by atoms with E-state index in [1.165, 1.54) is 12.1 Å². The normalized spacial score (nSPS) is 12.4. The molecule has 1 aromatic rings. The molecule has 6 nitrogen and oxygen atoms in total. The second kappa shape index (κ2) is 6.16. The Bertz CT molecular complexity index is 355. The zero-order valence-corrected chi connectivity index (χ0v) is 8.57. The van der Waals surface area contributed by atoms with Gasteiger partial charge in [0, 0.05) is 12.1 Å². The number of ether oxygens (including phenoxy) is 1. The van der Waals surface area contributed by atoms with Crippen LogP contribution in [0.4, 0.5) is 5.69 Å². The van der Waals surface area contributed by atoms with Gasteiger partial charge in [-0.1, -0.05) is 12.1 Å². The van der Waals surface area contributed by atoms with Crippen LogP contribution in [-0.2, 0) is 11.3 Å². The maximum atomic E-state index is 10.5. The molecule has 16 heavy (non-hydrogen) atoms. The lowest BCUT2D eigenvalue weighted by atomic mass is 10.2. The van der Waals surface area contributed by atoms with Crippen LogP contribution in [0.1, 0.15) is 5.56 Å². The zero-order valence-electron chi connectivity index (χ0n) is 8.57. The van der Waals surface area contributed by atoms with E-state index in [-0.39, 0.29) is 25.5 Å². The van der Waals surface area contributed by atoms with Crippen LogP contribution in [0.5, 0.6) is 0 Å². The number of benzene rings is 1. The van der Waals surface area contributed by atoms with Crippen LogP contribution in [0.15, 0.2) is 24.3 Å². The lowest BCUT2D eigenvalue weighted by Crippen LogP contribution is -2.19. The largest absolute Gasteiger partial charge is 0.394 e. The van der Waals surface area contributed by atoms with Gasteiger partial charge in [0.25, 0.3) is 5.69 Å². The summed E-state index contributed by atoms with van der Waals surface area (Å²) in [5.41, 5.74) is 0.656. The van der Waals surface area contributed by atoms with Crippen molar-refractivity contribution in [2.75, 3.05) is 13.2 Å². The van der Waals surface area contributed by atoms with E-state index >= 15 is 0 Å². The number of non-ortho nitro benzene ring substituents is 1. The summed E-state index contributed by atoms with van der Waals surface area (Å²) in [6.07, 6.45) is -0.918. The van der Waals surface area contributed by atoms with Crippen molar-refractivity contribution < 1.29 is 19.9 Å². The predicted octanol–water partition coefficient (Wildman–Crippen LogP) is 0.465. The number of nitro groups is 1. The molecular weight excluding hydrogens is 214 g/mol. The minimum Gasteiger partial charge on any atom is -0.394 e. The fraction of sp³-hybridized carbons (Fsp3) is 0.400. The van der Waals surface area contributed by atoms with Crippen molar-refractivity contribution in [1.82, 2.24) is 0 Å². The molecule has 0 heterocycles. The first kappa shape index (κ1) is 12.6. The maximum Gasteiger partial charge on any atom is 0.269 e. The quantitative estimate of drug-likeness (QED) is 0.544. The monoisotopic (exact) mass is 227 g/mol. The number of nitro benzene ring substituents is 1. The van der Waals surface area contributed by atoms with Gasteiger partial charge in [0.2, 0.25) is 0 Å². The topological polar surface area (TPSA) is 92.8 Å². The van der Waals surface area contributed by atoms with Crippen LogP contribution in [-0.4, -0.2) is 34.5 Å². The Kier molecular flexibility index (Phi) is 4.84. The summed E-state index contributed by atoms with van der Waals surface area (Å²) >= 11 is 0. The second-order valence-electron chi connectivity index (χ2n) is 3.28.